The zero-order valence-corrected chi connectivity index (χ0v) is 7.48. The Labute approximate surface area is 63.1 Å². The van der Waals surface area contributed by atoms with Crippen LogP contribution in [0, 0.1) is 0 Å². The largest absolute Gasteiger partial charge is 0.258 e. The Balaban J connectivity index is 2.67. The molecule has 0 aromatic rings. The van der Waals surface area contributed by atoms with Crippen LogP contribution >= 0.6 is 11.8 Å². The van der Waals surface area contributed by atoms with Crippen molar-refractivity contribution < 1.29 is 4.21 Å². The molecule has 0 N–H and O–H groups in total. The molecule has 1 aliphatic rings. The molecule has 0 spiro atoms. The first-order chi connectivity index (χ1) is 4.19. The summed E-state index contributed by atoms with van der Waals surface area (Å²) >= 11 is 1.74. The first-order valence-corrected chi connectivity index (χ1v) is 5.67. The third kappa shape index (κ3) is 1.32. The fourth-order valence-corrected chi connectivity index (χ4v) is 3.60. The Hall–Kier alpha value is 0.500. The van der Waals surface area contributed by atoms with E-state index in [2.05, 4.69) is 6.92 Å². The van der Waals surface area contributed by atoms with Crippen LogP contribution in [0.3, 0.4) is 0 Å². The summed E-state index contributed by atoms with van der Waals surface area (Å²) in [4.78, 5) is 0. The molecule has 0 radical (unpaired) electrons. The molecule has 1 rings (SSSR count). The average molecular weight is 164 g/mol. The maximum Gasteiger partial charge on any atom is 0.0878 e. The minimum absolute atomic E-state index is 0.0833. The van der Waals surface area contributed by atoms with Gasteiger partial charge in [-0.05, 0) is 26.0 Å². The summed E-state index contributed by atoms with van der Waals surface area (Å²) in [6.07, 6.45) is 4.31. The van der Waals surface area contributed by atoms with Crippen molar-refractivity contribution in [2.45, 2.75) is 23.8 Å². The van der Waals surface area contributed by atoms with Gasteiger partial charge in [0.25, 0.3) is 0 Å². The topological polar surface area (TPSA) is 17.1 Å². The molecule has 2 atom stereocenters. The van der Waals surface area contributed by atoms with Crippen molar-refractivity contribution in [2.75, 3.05) is 12.0 Å². The van der Waals surface area contributed by atoms with Crippen LogP contribution in [0.5, 0.6) is 0 Å². The molecule has 0 aliphatic carbocycles. The van der Waals surface area contributed by atoms with Gasteiger partial charge in [-0.25, -0.2) is 0 Å². The highest BCUT2D eigenvalue weighted by Crippen LogP contribution is 2.36. The molecule has 9 heavy (non-hydrogen) atoms. The molecule has 0 amide bonds. The van der Waals surface area contributed by atoms with Crippen molar-refractivity contribution >= 4 is 22.6 Å². The monoisotopic (exact) mass is 164 g/mol. The molecule has 54 valence electrons. The summed E-state index contributed by atoms with van der Waals surface area (Å²) in [5.74, 6) is 0.914. The van der Waals surface area contributed by atoms with Crippen molar-refractivity contribution in [3.05, 3.63) is 0 Å². The van der Waals surface area contributed by atoms with Gasteiger partial charge in [-0.3, -0.25) is 4.21 Å². The van der Waals surface area contributed by atoms with Gasteiger partial charge in [0, 0.05) is 16.6 Å². The lowest BCUT2D eigenvalue weighted by molar-refractivity contribution is 0.675. The molecular formula is C6H12OS2. The van der Waals surface area contributed by atoms with Crippen LogP contribution in [0.1, 0.15) is 19.8 Å². The predicted molar refractivity (Wildman–Crippen MR) is 44.2 cm³/mol. The van der Waals surface area contributed by atoms with E-state index >= 15 is 0 Å². The van der Waals surface area contributed by atoms with E-state index in [-0.39, 0.29) is 4.08 Å². The summed E-state index contributed by atoms with van der Waals surface area (Å²) < 4.78 is 11.3. The third-order valence-corrected chi connectivity index (χ3v) is 5.83. The Morgan fingerprint density at radius 2 is 2.33 bits per heavy atom. The lowest BCUT2D eigenvalue weighted by atomic mass is 10.3. The zero-order valence-electron chi connectivity index (χ0n) is 5.85. The summed E-state index contributed by atoms with van der Waals surface area (Å²) in [5, 5.41) is 0. The van der Waals surface area contributed by atoms with E-state index in [1.807, 2.05) is 6.26 Å². The fraction of sp³-hybridized carbons (Fsp3) is 1.00. The number of hydrogen-bond acceptors (Lipinski definition) is 2. The number of hydrogen-bond donors (Lipinski definition) is 0. The maximum absolute atomic E-state index is 11.2. The van der Waals surface area contributed by atoms with Gasteiger partial charge in [-0.15, -0.1) is 11.8 Å². The zero-order chi connectivity index (χ0) is 6.91. The van der Waals surface area contributed by atoms with E-state index in [0.29, 0.717) is 0 Å². The van der Waals surface area contributed by atoms with Gasteiger partial charge in [0.05, 0.1) is 4.08 Å². The van der Waals surface area contributed by atoms with Crippen LogP contribution in [0.2, 0.25) is 0 Å². The Morgan fingerprint density at radius 1 is 1.67 bits per heavy atom. The first-order valence-electron chi connectivity index (χ1n) is 3.13. The van der Waals surface area contributed by atoms with E-state index in [0.717, 1.165) is 18.6 Å². The molecule has 2 unspecified atom stereocenters. The molecule has 1 fully saturated rings. The normalized spacial score (nSPS) is 43.6. The van der Waals surface area contributed by atoms with Gasteiger partial charge in [0.1, 0.15) is 0 Å². The SMILES string of the molecule is CSC1(C)CCCS1=O. The molecular weight excluding hydrogens is 152 g/mol. The molecule has 0 aromatic carbocycles. The standard InChI is InChI=1S/C6H12OS2/c1-6(8-2)4-3-5-9(6)7/h3-5H2,1-2H3. The second-order valence-electron chi connectivity index (χ2n) is 2.49. The second-order valence-corrected chi connectivity index (χ2v) is 6.06. The smallest absolute Gasteiger partial charge is 0.0878 e. The Morgan fingerprint density at radius 3 is 2.56 bits per heavy atom. The third-order valence-electron chi connectivity index (χ3n) is 1.87. The van der Waals surface area contributed by atoms with E-state index in [4.69, 9.17) is 0 Å². The van der Waals surface area contributed by atoms with Crippen molar-refractivity contribution in [1.29, 1.82) is 0 Å². The average Bonchev–Trinajstić information content (AvgIpc) is 2.15. The molecule has 0 saturated carbocycles. The Bertz CT molecular complexity index is 135. The highest BCUT2D eigenvalue weighted by molar-refractivity contribution is 8.12. The molecule has 1 saturated heterocycles. The van der Waals surface area contributed by atoms with E-state index in [9.17, 15) is 4.21 Å². The summed E-state index contributed by atoms with van der Waals surface area (Å²) in [5.41, 5.74) is 0. The quantitative estimate of drug-likeness (QED) is 0.585. The molecule has 1 nitrogen and oxygen atoms in total. The van der Waals surface area contributed by atoms with E-state index in [1.165, 1.54) is 0 Å². The fourth-order valence-electron chi connectivity index (χ4n) is 1.05. The molecule has 0 aromatic heterocycles. The highest BCUT2D eigenvalue weighted by atomic mass is 32.2. The van der Waals surface area contributed by atoms with E-state index in [1.54, 1.807) is 11.8 Å². The molecule has 1 heterocycles. The second kappa shape index (κ2) is 2.62. The van der Waals surface area contributed by atoms with Crippen LogP contribution in [-0.4, -0.2) is 20.3 Å². The van der Waals surface area contributed by atoms with Gasteiger partial charge < -0.3 is 0 Å². The van der Waals surface area contributed by atoms with Crippen molar-refractivity contribution in [3.63, 3.8) is 0 Å². The van der Waals surface area contributed by atoms with Gasteiger partial charge in [-0.2, -0.15) is 0 Å². The molecule has 1 aliphatic heterocycles. The summed E-state index contributed by atoms with van der Waals surface area (Å²) in [6, 6.07) is 0. The maximum atomic E-state index is 11.2. The van der Waals surface area contributed by atoms with Gasteiger partial charge in [0.2, 0.25) is 0 Å². The highest BCUT2D eigenvalue weighted by Gasteiger charge is 2.34. The van der Waals surface area contributed by atoms with Gasteiger partial charge >= 0.3 is 0 Å². The summed E-state index contributed by atoms with van der Waals surface area (Å²) in [7, 11) is -0.563. The number of thioether (sulfide) groups is 1. The van der Waals surface area contributed by atoms with Crippen molar-refractivity contribution in [1.82, 2.24) is 0 Å². The van der Waals surface area contributed by atoms with Crippen molar-refractivity contribution in [2.24, 2.45) is 0 Å². The van der Waals surface area contributed by atoms with Crippen LogP contribution in [0.4, 0.5) is 0 Å². The first kappa shape index (κ1) is 7.61. The Kier molecular flexibility index (Phi) is 2.22. The van der Waals surface area contributed by atoms with Crippen LogP contribution in [0.15, 0.2) is 0 Å². The molecule has 0 bridgehead atoms. The molecule has 3 heteroatoms. The van der Waals surface area contributed by atoms with Crippen LogP contribution in [-0.2, 0) is 10.8 Å². The van der Waals surface area contributed by atoms with Gasteiger partial charge in [-0.1, -0.05) is 0 Å². The minimum Gasteiger partial charge on any atom is -0.258 e. The lowest BCUT2D eigenvalue weighted by Crippen LogP contribution is -2.19. The van der Waals surface area contributed by atoms with Crippen LogP contribution in [0.25, 0.3) is 0 Å². The van der Waals surface area contributed by atoms with Gasteiger partial charge in [0.15, 0.2) is 0 Å². The predicted octanol–water partition coefficient (Wildman–Crippen LogP) is 1.61. The number of rotatable bonds is 1. The van der Waals surface area contributed by atoms with Crippen molar-refractivity contribution in [3.8, 4) is 0 Å². The summed E-state index contributed by atoms with van der Waals surface area (Å²) in [6.45, 7) is 2.10. The van der Waals surface area contributed by atoms with Crippen LogP contribution < -0.4 is 0 Å². The minimum atomic E-state index is -0.563. The lowest BCUT2D eigenvalue weighted by Gasteiger charge is -2.17. The van der Waals surface area contributed by atoms with E-state index < -0.39 is 10.8 Å².